The fourth-order valence-corrected chi connectivity index (χ4v) is 0.859. The van der Waals surface area contributed by atoms with Crippen molar-refractivity contribution in [2.45, 2.75) is 4.33 Å². The van der Waals surface area contributed by atoms with Crippen LogP contribution in [-0.4, -0.2) is 16.9 Å². The summed E-state index contributed by atoms with van der Waals surface area (Å²) < 4.78 is 3.03. The van der Waals surface area contributed by atoms with Crippen LogP contribution in [0.4, 0.5) is 0 Å². The number of benzene rings is 1. The number of para-hydroxylation sites is 1. The van der Waals surface area contributed by atoms with Gasteiger partial charge < -0.3 is 14.6 Å². The number of carbonyl (C=O) groups excluding carboxylic acids is 1. The van der Waals surface area contributed by atoms with Crippen LogP contribution in [-0.2, 0) is 4.79 Å². The number of hydrogen-bond acceptors (Lipinski definition) is 3. The molecule has 0 atom stereocenters. The molecule has 0 saturated heterocycles. The van der Waals surface area contributed by atoms with E-state index in [1.165, 1.54) is 0 Å². The van der Waals surface area contributed by atoms with E-state index in [0.29, 0.717) is 5.75 Å². The molecule has 1 aromatic carbocycles. The van der Waals surface area contributed by atoms with Gasteiger partial charge in [-0.25, -0.2) is 0 Å². The summed E-state index contributed by atoms with van der Waals surface area (Å²) in [6, 6.07) is 8.63. The van der Waals surface area contributed by atoms with Gasteiger partial charge in [0.2, 0.25) is 0 Å². The fourth-order valence-electron chi connectivity index (χ4n) is 0.750. The molecule has 0 aliphatic carbocycles. The monoisotopic (exact) mass is 233 g/mol. The predicted molar refractivity (Wildman–Crippen MR) is 51.4 cm³/mol. The molecule has 0 heterocycles. The van der Waals surface area contributed by atoms with Gasteiger partial charge in [-0.3, -0.25) is 0 Å². The van der Waals surface area contributed by atoms with Gasteiger partial charge in [-0.05, 0) is 12.1 Å². The van der Waals surface area contributed by atoms with E-state index in [0.717, 1.165) is 0 Å². The van der Waals surface area contributed by atoms with Gasteiger partial charge in [-0.2, -0.15) is 0 Å². The number of carbonyl (C=O) groups is 1. The molecule has 0 N–H and O–H groups in total. The highest BCUT2D eigenvalue weighted by Gasteiger charge is 2.26. The lowest BCUT2D eigenvalue weighted by atomic mass is 10.3. The van der Waals surface area contributed by atoms with Crippen molar-refractivity contribution in [2.24, 2.45) is 0 Å². The first-order valence-corrected chi connectivity index (χ1v) is 4.55. The summed E-state index contributed by atoms with van der Waals surface area (Å²) >= 11 is 10.8. The lowest BCUT2D eigenvalue weighted by Crippen LogP contribution is -2.43. The SMILES string of the molecule is O=C([O-])C(Cl)(Cl)COc1ccccc1. The average Bonchev–Trinajstić information content (AvgIpc) is 2.16. The molecule has 0 aliphatic rings. The summed E-state index contributed by atoms with van der Waals surface area (Å²) in [5, 5.41) is 10.4. The highest BCUT2D eigenvalue weighted by molar-refractivity contribution is 6.57. The van der Waals surface area contributed by atoms with Gasteiger partial charge >= 0.3 is 0 Å². The molecule has 1 rings (SSSR count). The van der Waals surface area contributed by atoms with Crippen molar-refractivity contribution in [3.63, 3.8) is 0 Å². The Morgan fingerprint density at radius 1 is 1.36 bits per heavy atom. The Hall–Kier alpha value is -0.930. The largest absolute Gasteiger partial charge is 0.547 e. The molecule has 5 heteroatoms. The van der Waals surface area contributed by atoms with Gasteiger partial charge in [0.15, 0.2) is 4.33 Å². The Morgan fingerprint density at radius 3 is 2.43 bits per heavy atom. The summed E-state index contributed by atoms with van der Waals surface area (Å²) in [5.41, 5.74) is 0. The van der Waals surface area contributed by atoms with Gasteiger partial charge in [-0.15, -0.1) is 0 Å². The van der Waals surface area contributed by atoms with E-state index in [1.54, 1.807) is 30.3 Å². The third-order valence-electron chi connectivity index (χ3n) is 1.46. The maximum Gasteiger partial charge on any atom is 0.190 e. The molecule has 1 aromatic rings. The maximum atomic E-state index is 10.4. The molecule has 0 saturated carbocycles. The number of aliphatic carboxylic acids is 1. The van der Waals surface area contributed by atoms with E-state index >= 15 is 0 Å². The maximum absolute atomic E-state index is 10.4. The number of carboxylic acid groups (broad SMARTS) is 1. The van der Waals surface area contributed by atoms with Crippen LogP contribution >= 0.6 is 23.2 Å². The lowest BCUT2D eigenvalue weighted by molar-refractivity contribution is -0.307. The summed E-state index contributed by atoms with van der Waals surface area (Å²) in [6.07, 6.45) is 0. The van der Waals surface area contributed by atoms with Crippen LogP contribution < -0.4 is 9.84 Å². The number of carboxylic acids is 1. The second kappa shape index (κ2) is 4.53. The van der Waals surface area contributed by atoms with E-state index in [-0.39, 0.29) is 6.61 Å². The topological polar surface area (TPSA) is 49.4 Å². The molecule has 0 aromatic heterocycles. The summed E-state index contributed by atoms with van der Waals surface area (Å²) in [7, 11) is 0. The van der Waals surface area contributed by atoms with Crippen LogP contribution in [0.15, 0.2) is 30.3 Å². The first-order chi connectivity index (χ1) is 6.52. The molecule has 76 valence electrons. The smallest absolute Gasteiger partial charge is 0.190 e. The first-order valence-electron chi connectivity index (χ1n) is 3.79. The number of ether oxygens (including phenoxy) is 1. The molecule has 3 nitrogen and oxygen atoms in total. The Balaban J connectivity index is 2.53. The van der Waals surface area contributed by atoms with Crippen molar-refractivity contribution in [1.82, 2.24) is 0 Å². The molecule has 0 radical (unpaired) electrons. The highest BCUT2D eigenvalue weighted by atomic mass is 35.5. The minimum absolute atomic E-state index is 0.359. The van der Waals surface area contributed by atoms with Gasteiger partial charge in [0.1, 0.15) is 12.4 Å². The second-order valence-electron chi connectivity index (χ2n) is 2.59. The number of alkyl halides is 2. The molecule has 0 unspecified atom stereocenters. The quantitative estimate of drug-likeness (QED) is 0.730. The number of hydrogen-bond donors (Lipinski definition) is 0. The molecule has 0 spiro atoms. The molecule has 0 fully saturated rings. The van der Waals surface area contributed by atoms with Crippen LogP contribution in [0.1, 0.15) is 0 Å². The van der Waals surface area contributed by atoms with Crippen LogP contribution in [0.25, 0.3) is 0 Å². The summed E-state index contributed by atoms with van der Waals surface area (Å²) in [5.74, 6) is -1.07. The second-order valence-corrected chi connectivity index (χ2v) is 4.08. The molecular weight excluding hydrogens is 227 g/mol. The zero-order valence-corrected chi connectivity index (χ0v) is 8.59. The molecule has 0 bridgehead atoms. The Labute approximate surface area is 91.2 Å². The third kappa shape index (κ3) is 3.09. The normalized spacial score (nSPS) is 11.0. The first kappa shape index (κ1) is 11.1. The van der Waals surface area contributed by atoms with Gasteiger partial charge in [0.25, 0.3) is 0 Å². The van der Waals surface area contributed by atoms with Gasteiger partial charge in [-0.1, -0.05) is 41.4 Å². The molecular formula is C9H7Cl2O3-. The van der Waals surface area contributed by atoms with Crippen LogP contribution in [0.5, 0.6) is 5.75 Å². The standard InChI is InChI=1S/C9H8Cl2O3/c10-9(11,8(12)13)6-14-7-4-2-1-3-5-7/h1-5H,6H2,(H,12,13)/p-1. The van der Waals surface area contributed by atoms with Crippen molar-refractivity contribution in [3.8, 4) is 5.75 Å². The van der Waals surface area contributed by atoms with Gasteiger partial charge in [0.05, 0.1) is 5.97 Å². The Bertz CT molecular complexity index is 311. The Morgan fingerprint density at radius 2 is 1.93 bits per heavy atom. The van der Waals surface area contributed by atoms with E-state index in [9.17, 15) is 9.90 Å². The lowest BCUT2D eigenvalue weighted by Gasteiger charge is -2.20. The minimum atomic E-state index is -2.02. The Kier molecular flexibility index (Phi) is 3.61. The van der Waals surface area contributed by atoms with E-state index < -0.39 is 10.3 Å². The van der Waals surface area contributed by atoms with Crippen LogP contribution in [0, 0.1) is 0 Å². The number of rotatable bonds is 4. The third-order valence-corrected chi connectivity index (χ3v) is 1.99. The zero-order chi connectivity index (χ0) is 10.6. The molecule has 0 amide bonds. The summed E-state index contributed by atoms with van der Waals surface area (Å²) in [6.45, 7) is -0.359. The van der Waals surface area contributed by atoms with E-state index in [1.807, 2.05) is 0 Å². The van der Waals surface area contributed by atoms with Crippen molar-refractivity contribution in [1.29, 1.82) is 0 Å². The predicted octanol–water partition coefficient (Wildman–Crippen LogP) is 0.989. The average molecular weight is 234 g/mol. The van der Waals surface area contributed by atoms with Crippen molar-refractivity contribution in [2.75, 3.05) is 6.61 Å². The summed E-state index contributed by atoms with van der Waals surface area (Å²) in [4.78, 5) is 10.4. The molecule has 14 heavy (non-hydrogen) atoms. The minimum Gasteiger partial charge on any atom is -0.547 e. The number of halogens is 2. The van der Waals surface area contributed by atoms with Crippen molar-refractivity contribution < 1.29 is 14.6 Å². The molecule has 0 aliphatic heterocycles. The van der Waals surface area contributed by atoms with Gasteiger partial charge in [0, 0.05) is 0 Å². The van der Waals surface area contributed by atoms with Crippen molar-refractivity contribution >= 4 is 29.2 Å². The fraction of sp³-hybridized carbons (Fsp3) is 0.222. The van der Waals surface area contributed by atoms with Crippen molar-refractivity contribution in [3.05, 3.63) is 30.3 Å². The zero-order valence-electron chi connectivity index (χ0n) is 7.07. The van der Waals surface area contributed by atoms with Crippen LogP contribution in [0.3, 0.4) is 0 Å². The van der Waals surface area contributed by atoms with Crippen LogP contribution in [0.2, 0.25) is 0 Å². The van der Waals surface area contributed by atoms with E-state index in [4.69, 9.17) is 27.9 Å². The van der Waals surface area contributed by atoms with E-state index in [2.05, 4.69) is 0 Å². The highest BCUT2D eigenvalue weighted by Crippen LogP contribution is 2.21.